The zero-order valence-corrected chi connectivity index (χ0v) is 20.2. The van der Waals surface area contributed by atoms with E-state index < -0.39 is 0 Å². The molecular weight excluding hydrogens is 450 g/mol. The van der Waals surface area contributed by atoms with E-state index in [4.69, 9.17) is 9.72 Å². The molecule has 0 fully saturated rings. The molecule has 0 spiro atoms. The van der Waals surface area contributed by atoms with E-state index in [9.17, 15) is 10.1 Å². The number of thioether (sulfide) groups is 1. The van der Waals surface area contributed by atoms with Crippen molar-refractivity contribution in [3.8, 4) is 22.9 Å². The first-order valence-corrected chi connectivity index (χ1v) is 12.3. The molecule has 0 radical (unpaired) electrons. The van der Waals surface area contributed by atoms with E-state index in [0.29, 0.717) is 17.0 Å². The molecule has 0 aliphatic rings. The molecule has 4 rings (SSSR count). The van der Waals surface area contributed by atoms with Crippen LogP contribution in [0, 0.1) is 18.3 Å². The van der Waals surface area contributed by atoms with Gasteiger partial charge in [-0.15, -0.1) is 11.3 Å². The summed E-state index contributed by atoms with van der Waals surface area (Å²) in [5, 5.41) is 16.8. The summed E-state index contributed by atoms with van der Waals surface area (Å²) >= 11 is 2.81. The van der Waals surface area contributed by atoms with Crippen molar-refractivity contribution in [3.05, 3.63) is 71.1 Å². The minimum atomic E-state index is -0.323. The summed E-state index contributed by atoms with van der Waals surface area (Å²) in [5.41, 5.74) is 4.23. The molecule has 1 N–H and O–H groups in total. The first kappa shape index (κ1) is 22.8. The first-order valence-electron chi connectivity index (χ1n) is 10.5. The second-order valence-electron chi connectivity index (χ2n) is 7.49. The van der Waals surface area contributed by atoms with Gasteiger partial charge in [0.15, 0.2) is 0 Å². The molecule has 1 unspecified atom stereocenters. The number of nitrogens with one attached hydrogen (secondary N) is 1. The normalized spacial score (nSPS) is 11.7. The van der Waals surface area contributed by atoms with Crippen molar-refractivity contribution in [3.63, 3.8) is 0 Å². The van der Waals surface area contributed by atoms with Crippen molar-refractivity contribution in [2.75, 3.05) is 12.4 Å². The van der Waals surface area contributed by atoms with Gasteiger partial charge in [-0.05, 0) is 48.7 Å². The average molecular weight is 474 g/mol. The summed E-state index contributed by atoms with van der Waals surface area (Å²) in [7, 11) is 1.62. The van der Waals surface area contributed by atoms with Gasteiger partial charge < -0.3 is 10.1 Å². The summed E-state index contributed by atoms with van der Waals surface area (Å²) < 4.78 is 5.21. The SMILES string of the molecule is CCC(Sc1cc(C)c2ccccc2n1)C(=O)Nc1scc(-c2ccc(OC)cc2)c1C#N. The number of fused-ring (bicyclic) bond motifs is 1. The Balaban J connectivity index is 1.54. The third kappa shape index (κ3) is 4.87. The lowest BCUT2D eigenvalue weighted by Gasteiger charge is -2.15. The van der Waals surface area contributed by atoms with Gasteiger partial charge in [0, 0.05) is 16.3 Å². The topological polar surface area (TPSA) is 75.0 Å². The van der Waals surface area contributed by atoms with Crippen LogP contribution in [-0.4, -0.2) is 23.3 Å². The third-order valence-electron chi connectivity index (χ3n) is 5.37. The van der Waals surface area contributed by atoms with Crippen LogP contribution >= 0.6 is 23.1 Å². The van der Waals surface area contributed by atoms with E-state index in [0.717, 1.165) is 38.4 Å². The molecule has 4 aromatic rings. The van der Waals surface area contributed by atoms with Crippen LogP contribution in [0.4, 0.5) is 5.00 Å². The predicted octanol–water partition coefficient (Wildman–Crippen LogP) is 6.66. The van der Waals surface area contributed by atoms with Crippen LogP contribution in [0.2, 0.25) is 0 Å². The lowest BCUT2D eigenvalue weighted by molar-refractivity contribution is -0.115. The molecule has 0 aliphatic carbocycles. The van der Waals surface area contributed by atoms with Crippen LogP contribution in [0.25, 0.3) is 22.0 Å². The van der Waals surface area contributed by atoms with Gasteiger partial charge in [0.05, 0.1) is 28.5 Å². The molecule has 1 atom stereocenters. The molecule has 0 saturated carbocycles. The Bertz CT molecular complexity index is 1340. The van der Waals surface area contributed by atoms with Gasteiger partial charge in [-0.25, -0.2) is 4.98 Å². The predicted molar refractivity (Wildman–Crippen MR) is 136 cm³/mol. The maximum Gasteiger partial charge on any atom is 0.238 e. The Morgan fingerprint density at radius 2 is 2.00 bits per heavy atom. The van der Waals surface area contributed by atoms with E-state index in [-0.39, 0.29) is 11.2 Å². The maximum absolute atomic E-state index is 13.1. The molecule has 2 aromatic carbocycles. The number of anilines is 1. The average Bonchev–Trinajstić information content (AvgIpc) is 3.24. The number of nitriles is 1. The Morgan fingerprint density at radius 3 is 2.70 bits per heavy atom. The number of carbonyl (C=O) groups is 1. The molecule has 7 heteroatoms. The third-order valence-corrected chi connectivity index (χ3v) is 7.54. The fraction of sp³-hybridized carbons (Fsp3) is 0.192. The van der Waals surface area contributed by atoms with Crippen LogP contribution in [0.15, 0.2) is 65.0 Å². The Kier molecular flexibility index (Phi) is 6.97. The van der Waals surface area contributed by atoms with E-state index in [1.807, 2.05) is 60.8 Å². The highest BCUT2D eigenvalue weighted by atomic mass is 32.2. The Labute approximate surface area is 201 Å². The molecule has 166 valence electrons. The number of aromatic nitrogens is 1. The van der Waals surface area contributed by atoms with Gasteiger partial charge >= 0.3 is 0 Å². The largest absolute Gasteiger partial charge is 0.497 e. The fourth-order valence-electron chi connectivity index (χ4n) is 3.58. The summed E-state index contributed by atoms with van der Waals surface area (Å²) in [4.78, 5) is 17.8. The van der Waals surface area contributed by atoms with E-state index in [2.05, 4.69) is 24.4 Å². The van der Waals surface area contributed by atoms with Crippen molar-refractivity contribution in [1.82, 2.24) is 4.98 Å². The number of pyridine rings is 1. The highest BCUT2D eigenvalue weighted by molar-refractivity contribution is 8.00. The zero-order valence-electron chi connectivity index (χ0n) is 18.6. The molecule has 2 heterocycles. The summed E-state index contributed by atoms with van der Waals surface area (Å²) in [6.07, 6.45) is 0.642. The second kappa shape index (κ2) is 10.1. The quantitative estimate of drug-likeness (QED) is 0.304. The summed E-state index contributed by atoms with van der Waals surface area (Å²) in [6.45, 7) is 4.04. The number of carbonyl (C=O) groups excluding carboxylic acids is 1. The van der Waals surface area contributed by atoms with E-state index >= 15 is 0 Å². The molecule has 0 aliphatic heterocycles. The highest BCUT2D eigenvalue weighted by Gasteiger charge is 2.22. The molecule has 33 heavy (non-hydrogen) atoms. The minimum absolute atomic E-state index is 0.130. The molecule has 0 saturated heterocycles. The summed E-state index contributed by atoms with van der Waals surface area (Å²) in [5.74, 6) is 0.621. The molecule has 5 nitrogen and oxygen atoms in total. The van der Waals surface area contributed by atoms with Gasteiger partial charge in [-0.2, -0.15) is 5.26 Å². The van der Waals surface area contributed by atoms with Gasteiger partial charge in [0.2, 0.25) is 5.91 Å². The van der Waals surface area contributed by atoms with Crippen molar-refractivity contribution < 1.29 is 9.53 Å². The number of benzene rings is 2. The second-order valence-corrected chi connectivity index (χ2v) is 9.60. The van der Waals surface area contributed by atoms with Crippen molar-refractivity contribution in [2.24, 2.45) is 0 Å². The smallest absolute Gasteiger partial charge is 0.238 e. The molecule has 0 bridgehead atoms. The van der Waals surface area contributed by atoms with Crippen LogP contribution in [0.1, 0.15) is 24.5 Å². The number of nitrogens with zero attached hydrogens (tertiary/aromatic N) is 2. The van der Waals surface area contributed by atoms with Crippen molar-refractivity contribution in [2.45, 2.75) is 30.5 Å². The molecular formula is C26H23N3O2S2. The van der Waals surface area contributed by atoms with E-state index in [1.54, 1.807) is 7.11 Å². The number of hydrogen-bond donors (Lipinski definition) is 1. The first-order chi connectivity index (χ1) is 16.0. The fourth-order valence-corrected chi connectivity index (χ4v) is 5.53. The van der Waals surface area contributed by atoms with Crippen molar-refractivity contribution >= 4 is 44.9 Å². The standard InChI is InChI=1S/C26H23N3O2S2/c1-4-23(33-24-13-16(2)19-7-5-6-8-22(19)28-24)25(30)29-26-20(14-27)21(15-32-26)17-9-11-18(31-3)12-10-17/h5-13,15,23H,4H2,1-3H3,(H,29,30). The number of hydrogen-bond acceptors (Lipinski definition) is 6. The number of rotatable bonds is 7. The zero-order chi connectivity index (χ0) is 23.4. The van der Waals surface area contributed by atoms with Crippen LogP contribution in [-0.2, 0) is 4.79 Å². The van der Waals surface area contributed by atoms with Crippen LogP contribution < -0.4 is 10.1 Å². The number of ether oxygens (including phenoxy) is 1. The van der Waals surface area contributed by atoms with Gasteiger partial charge in [0.1, 0.15) is 16.8 Å². The lowest BCUT2D eigenvalue weighted by Crippen LogP contribution is -2.24. The highest BCUT2D eigenvalue weighted by Crippen LogP contribution is 2.36. The summed E-state index contributed by atoms with van der Waals surface area (Å²) in [6, 6.07) is 19.8. The number of thiophene rings is 1. The molecule has 2 aromatic heterocycles. The van der Waals surface area contributed by atoms with Gasteiger partial charge in [-0.3, -0.25) is 4.79 Å². The number of methoxy groups -OCH3 is 1. The van der Waals surface area contributed by atoms with E-state index in [1.165, 1.54) is 23.1 Å². The Hall–Kier alpha value is -3.34. The number of para-hydroxylation sites is 1. The maximum atomic E-state index is 13.1. The number of aryl methyl sites for hydroxylation is 1. The van der Waals surface area contributed by atoms with Crippen molar-refractivity contribution in [1.29, 1.82) is 5.26 Å². The minimum Gasteiger partial charge on any atom is -0.497 e. The monoisotopic (exact) mass is 473 g/mol. The van der Waals surface area contributed by atoms with Crippen LogP contribution in [0.3, 0.4) is 0 Å². The van der Waals surface area contributed by atoms with Crippen LogP contribution in [0.5, 0.6) is 5.75 Å². The Morgan fingerprint density at radius 1 is 1.24 bits per heavy atom. The lowest BCUT2D eigenvalue weighted by atomic mass is 10.0. The van der Waals surface area contributed by atoms with Gasteiger partial charge in [-0.1, -0.05) is 49.0 Å². The number of amides is 1. The van der Waals surface area contributed by atoms with Gasteiger partial charge in [0.25, 0.3) is 0 Å². The molecule has 1 amide bonds.